The molecule has 4 nitrogen and oxygen atoms in total. The highest BCUT2D eigenvalue weighted by atomic mass is 32.2. The van der Waals surface area contributed by atoms with Crippen molar-refractivity contribution in [3.63, 3.8) is 0 Å². The molecule has 0 heterocycles. The number of halogens is 1. The second kappa shape index (κ2) is 5.97. The average Bonchev–Trinajstić information content (AvgIpc) is 2.25. The Bertz CT molecular complexity index is 474. The van der Waals surface area contributed by atoms with E-state index in [4.69, 9.17) is 4.74 Å². The molecule has 1 N–H and O–H groups in total. The van der Waals surface area contributed by atoms with Crippen LogP contribution in [0.5, 0.6) is 5.75 Å². The molecule has 1 rings (SSSR count). The zero-order chi connectivity index (χ0) is 12.9. The Morgan fingerprint density at radius 1 is 1.41 bits per heavy atom. The van der Waals surface area contributed by atoms with Crippen molar-refractivity contribution in [3.05, 3.63) is 29.6 Å². The maximum atomic E-state index is 13.7. The summed E-state index contributed by atoms with van der Waals surface area (Å²) >= 11 is 0. The number of benzene rings is 1. The molecule has 0 aliphatic rings. The van der Waals surface area contributed by atoms with Crippen LogP contribution in [-0.4, -0.2) is 27.8 Å². The molecule has 1 aromatic rings. The monoisotopic (exact) mass is 261 g/mol. The van der Waals surface area contributed by atoms with E-state index in [0.29, 0.717) is 12.0 Å². The third kappa shape index (κ3) is 4.70. The fourth-order valence-corrected chi connectivity index (χ4v) is 1.78. The van der Waals surface area contributed by atoms with Crippen LogP contribution in [0, 0.1) is 5.82 Å². The van der Waals surface area contributed by atoms with Crippen LogP contribution >= 0.6 is 0 Å². The molecule has 0 fully saturated rings. The molecule has 0 aliphatic heterocycles. The van der Waals surface area contributed by atoms with Crippen molar-refractivity contribution in [1.82, 2.24) is 4.72 Å². The minimum atomic E-state index is -3.23. The Kier molecular flexibility index (Phi) is 4.89. The number of ether oxygens (including phenoxy) is 1. The van der Waals surface area contributed by atoms with Crippen molar-refractivity contribution in [2.24, 2.45) is 0 Å². The zero-order valence-electron chi connectivity index (χ0n) is 9.86. The molecule has 0 amide bonds. The summed E-state index contributed by atoms with van der Waals surface area (Å²) < 4.78 is 42.6. The Morgan fingerprint density at radius 2 is 2.12 bits per heavy atom. The van der Waals surface area contributed by atoms with E-state index < -0.39 is 10.0 Å². The van der Waals surface area contributed by atoms with Crippen molar-refractivity contribution in [2.75, 3.05) is 19.4 Å². The lowest BCUT2D eigenvalue weighted by molar-refractivity contribution is 0.305. The van der Waals surface area contributed by atoms with Crippen molar-refractivity contribution in [1.29, 1.82) is 0 Å². The van der Waals surface area contributed by atoms with Crippen LogP contribution in [0.1, 0.15) is 12.5 Å². The van der Waals surface area contributed by atoms with Gasteiger partial charge in [0.1, 0.15) is 6.61 Å². The summed E-state index contributed by atoms with van der Waals surface area (Å²) in [5.74, 6) is -0.228. The molecule has 0 unspecified atom stereocenters. The number of rotatable bonds is 6. The van der Waals surface area contributed by atoms with Gasteiger partial charge in [0.2, 0.25) is 10.0 Å². The molecule has 1 aromatic carbocycles. The first-order valence-electron chi connectivity index (χ1n) is 5.29. The first kappa shape index (κ1) is 13.9. The van der Waals surface area contributed by atoms with E-state index in [0.717, 1.165) is 6.26 Å². The SMILES string of the molecule is CCc1cccc(OCCNS(C)(=O)=O)c1F. The maximum absolute atomic E-state index is 13.7. The van der Waals surface area contributed by atoms with E-state index in [1.54, 1.807) is 12.1 Å². The van der Waals surface area contributed by atoms with Crippen LogP contribution < -0.4 is 9.46 Å². The molecule has 96 valence electrons. The lowest BCUT2D eigenvalue weighted by Gasteiger charge is -2.09. The van der Waals surface area contributed by atoms with Gasteiger partial charge in [-0.05, 0) is 18.1 Å². The summed E-state index contributed by atoms with van der Waals surface area (Å²) in [6.07, 6.45) is 1.65. The molecule has 0 aliphatic carbocycles. The first-order chi connectivity index (χ1) is 7.94. The lowest BCUT2D eigenvalue weighted by atomic mass is 10.1. The fourth-order valence-electron chi connectivity index (χ4n) is 1.33. The molecule has 0 radical (unpaired) electrons. The standard InChI is InChI=1S/C11H16FNO3S/c1-3-9-5-4-6-10(11(9)12)16-8-7-13-17(2,14)15/h4-6,13H,3,7-8H2,1-2H3. The number of hydrogen-bond donors (Lipinski definition) is 1. The number of hydrogen-bond acceptors (Lipinski definition) is 3. The third-order valence-corrected chi connectivity index (χ3v) is 2.88. The summed E-state index contributed by atoms with van der Waals surface area (Å²) in [6.45, 7) is 2.07. The van der Waals surface area contributed by atoms with E-state index in [2.05, 4.69) is 4.72 Å². The van der Waals surface area contributed by atoms with Gasteiger partial charge in [-0.3, -0.25) is 0 Å². The molecule has 17 heavy (non-hydrogen) atoms. The average molecular weight is 261 g/mol. The van der Waals surface area contributed by atoms with Crippen LogP contribution in [0.2, 0.25) is 0 Å². The minimum Gasteiger partial charge on any atom is -0.489 e. The van der Waals surface area contributed by atoms with Crippen molar-refractivity contribution < 1.29 is 17.5 Å². The smallest absolute Gasteiger partial charge is 0.208 e. The van der Waals surface area contributed by atoms with Gasteiger partial charge in [0, 0.05) is 6.54 Å². The molecular weight excluding hydrogens is 245 g/mol. The van der Waals surface area contributed by atoms with Crippen LogP contribution in [0.3, 0.4) is 0 Å². The Balaban J connectivity index is 2.52. The molecule has 0 saturated heterocycles. The van der Waals surface area contributed by atoms with Gasteiger partial charge in [-0.1, -0.05) is 19.1 Å². The lowest BCUT2D eigenvalue weighted by Crippen LogP contribution is -2.27. The minimum absolute atomic E-state index is 0.0944. The van der Waals surface area contributed by atoms with Crippen LogP contribution in [0.4, 0.5) is 4.39 Å². The quantitative estimate of drug-likeness (QED) is 0.786. The van der Waals surface area contributed by atoms with Crippen LogP contribution in [-0.2, 0) is 16.4 Å². The molecule has 0 bridgehead atoms. The van der Waals surface area contributed by atoms with Gasteiger partial charge in [-0.15, -0.1) is 0 Å². The fraction of sp³-hybridized carbons (Fsp3) is 0.455. The Morgan fingerprint density at radius 3 is 2.71 bits per heavy atom. The Hall–Kier alpha value is -1.14. The zero-order valence-corrected chi connectivity index (χ0v) is 10.7. The van der Waals surface area contributed by atoms with Gasteiger partial charge >= 0.3 is 0 Å². The van der Waals surface area contributed by atoms with E-state index in [-0.39, 0.29) is 24.7 Å². The highest BCUT2D eigenvalue weighted by molar-refractivity contribution is 7.88. The predicted octanol–water partition coefficient (Wildman–Crippen LogP) is 1.32. The van der Waals surface area contributed by atoms with Crippen molar-refractivity contribution >= 4 is 10.0 Å². The van der Waals surface area contributed by atoms with Crippen LogP contribution in [0.15, 0.2) is 18.2 Å². The maximum Gasteiger partial charge on any atom is 0.208 e. The number of nitrogens with one attached hydrogen (secondary N) is 1. The summed E-state index contributed by atoms with van der Waals surface area (Å²) in [6, 6.07) is 4.92. The van der Waals surface area contributed by atoms with E-state index in [9.17, 15) is 12.8 Å². The van der Waals surface area contributed by atoms with Crippen LogP contribution in [0.25, 0.3) is 0 Å². The van der Waals surface area contributed by atoms with Gasteiger partial charge in [0.15, 0.2) is 11.6 Å². The molecule has 0 aromatic heterocycles. The molecule has 0 spiro atoms. The first-order valence-corrected chi connectivity index (χ1v) is 7.18. The largest absolute Gasteiger partial charge is 0.489 e. The number of sulfonamides is 1. The van der Waals surface area contributed by atoms with Crippen molar-refractivity contribution in [3.8, 4) is 5.75 Å². The third-order valence-electron chi connectivity index (χ3n) is 2.15. The topological polar surface area (TPSA) is 55.4 Å². The van der Waals surface area contributed by atoms with E-state index >= 15 is 0 Å². The second-order valence-electron chi connectivity index (χ2n) is 3.60. The summed E-state index contributed by atoms with van der Waals surface area (Å²) in [4.78, 5) is 0. The number of aryl methyl sites for hydroxylation is 1. The highest BCUT2D eigenvalue weighted by Gasteiger charge is 2.07. The van der Waals surface area contributed by atoms with Gasteiger partial charge < -0.3 is 4.74 Å². The van der Waals surface area contributed by atoms with E-state index in [1.165, 1.54) is 6.07 Å². The highest BCUT2D eigenvalue weighted by Crippen LogP contribution is 2.20. The Labute approximate surface area is 101 Å². The van der Waals surface area contributed by atoms with Gasteiger partial charge in [0.05, 0.1) is 6.26 Å². The second-order valence-corrected chi connectivity index (χ2v) is 5.43. The summed E-state index contributed by atoms with van der Waals surface area (Å²) in [7, 11) is -3.23. The molecule has 0 saturated carbocycles. The van der Waals surface area contributed by atoms with Gasteiger partial charge in [-0.25, -0.2) is 17.5 Å². The van der Waals surface area contributed by atoms with Gasteiger partial charge in [-0.2, -0.15) is 0 Å². The summed E-state index contributed by atoms with van der Waals surface area (Å²) in [5, 5.41) is 0. The molecular formula is C11H16FNO3S. The molecule has 0 atom stereocenters. The normalized spacial score (nSPS) is 11.5. The summed E-state index contributed by atoms with van der Waals surface area (Å²) in [5.41, 5.74) is 0.582. The van der Waals surface area contributed by atoms with Crippen molar-refractivity contribution in [2.45, 2.75) is 13.3 Å². The van der Waals surface area contributed by atoms with Gasteiger partial charge in [0.25, 0.3) is 0 Å². The molecule has 6 heteroatoms. The predicted molar refractivity (Wildman–Crippen MR) is 64.1 cm³/mol. The van der Waals surface area contributed by atoms with E-state index in [1.807, 2.05) is 6.92 Å².